The minimum Gasteiger partial charge on any atom is -0.490 e. The number of amides is 1. The predicted molar refractivity (Wildman–Crippen MR) is 94.5 cm³/mol. The maximum atomic E-state index is 12.5. The number of hydrogen-bond acceptors (Lipinski definition) is 4. The highest BCUT2D eigenvalue weighted by Gasteiger charge is 2.14. The largest absolute Gasteiger partial charge is 0.490 e. The highest BCUT2D eigenvalue weighted by atomic mass is 32.2. The van der Waals surface area contributed by atoms with Crippen LogP contribution in [0.15, 0.2) is 53.4 Å². The second-order valence-electron chi connectivity index (χ2n) is 5.34. The van der Waals surface area contributed by atoms with Gasteiger partial charge in [0.2, 0.25) is 0 Å². The Morgan fingerprint density at radius 3 is 2.68 bits per heavy atom. The van der Waals surface area contributed by atoms with Crippen molar-refractivity contribution >= 4 is 23.5 Å². The molecule has 1 unspecified atom stereocenters. The average Bonchev–Trinajstić information content (AvgIpc) is 2.54. The van der Waals surface area contributed by atoms with Crippen LogP contribution in [-0.4, -0.2) is 24.6 Å². The van der Waals surface area contributed by atoms with Crippen LogP contribution in [-0.2, 0) is 4.74 Å². The molecule has 0 saturated carbocycles. The number of halogens is 2. The number of benzene rings is 2. The number of alkyl halides is 2. The molecule has 0 bridgehead atoms. The molecular weight excluding hydrogens is 348 g/mol. The zero-order valence-corrected chi connectivity index (χ0v) is 14.7. The second-order valence-corrected chi connectivity index (χ2v) is 6.37. The number of carbonyl (C=O) groups is 1. The molecule has 4 nitrogen and oxygen atoms in total. The number of ether oxygens (including phenoxy) is 2. The molecule has 1 amide bonds. The van der Waals surface area contributed by atoms with E-state index in [0.29, 0.717) is 17.5 Å². The molecule has 0 fully saturated rings. The Labute approximate surface area is 149 Å². The van der Waals surface area contributed by atoms with Crippen LogP contribution in [0.25, 0.3) is 0 Å². The first-order valence-electron chi connectivity index (χ1n) is 7.65. The van der Waals surface area contributed by atoms with Crippen molar-refractivity contribution in [1.82, 2.24) is 0 Å². The molecule has 0 spiro atoms. The molecule has 0 aliphatic rings. The second kappa shape index (κ2) is 9.27. The fourth-order valence-electron chi connectivity index (χ4n) is 2.04. The summed E-state index contributed by atoms with van der Waals surface area (Å²) in [4.78, 5) is 12.2. The molecule has 0 heterocycles. The zero-order chi connectivity index (χ0) is 18.2. The highest BCUT2D eigenvalue weighted by molar-refractivity contribution is 7.99. The van der Waals surface area contributed by atoms with E-state index in [4.69, 9.17) is 9.47 Å². The Hall–Kier alpha value is -2.28. The van der Waals surface area contributed by atoms with E-state index in [1.165, 1.54) is 6.07 Å². The van der Waals surface area contributed by atoms with Crippen molar-refractivity contribution in [3.05, 3.63) is 54.1 Å². The fourth-order valence-corrected chi connectivity index (χ4v) is 2.64. The number of rotatable bonds is 7. The Kier molecular flexibility index (Phi) is 7.06. The number of carbonyl (C=O) groups excluding carboxylic acids is 1. The number of anilines is 1. The van der Waals surface area contributed by atoms with Crippen molar-refractivity contribution in [3.63, 3.8) is 0 Å². The van der Waals surface area contributed by atoms with Gasteiger partial charge in [-0.1, -0.05) is 36.0 Å². The van der Waals surface area contributed by atoms with Crippen molar-refractivity contribution in [3.8, 4) is 5.75 Å². The van der Waals surface area contributed by atoms with Crippen LogP contribution in [0.1, 0.15) is 12.5 Å². The molecule has 2 aromatic carbocycles. The molecule has 1 N–H and O–H groups in total. The van der Waals surface area contributed by atoms with E-state index in [1.54, 1.807) is 25.1 Å². The first-order valence-corrected chi connectivity index (χ1v) is 8.53. The van der Waals surface area contributed by atoms with Crippen LogP contribution < -0.4 is 10.1 Å². The standard InChI is InChI=1S/C18H19F2NO3S/c1-12-6-5-7-14(10-12)23-11-13(2)24-18(22)21-15-8-3-4-9-16(15)25-17(19)20/h3-10,13,17H,11H2,1-2H3,(H,21,22). The third kappa shape index (κ3) is 6.62. The van der Waals surface area contributed by atoms with Gasteiger partial charge in [0.25, 0.3) is 5.76 Å². The van der Waals surface area contributed by atoms with Gasteiger partial charge >= 0.3 is 6.09 Å². The van der Waals surface area contributed by atoms with E-state index in [-0.39, 0.29) is 17.2 Å². The number of hydrogen-bond donors (Lipinski definition) is 1. The predicted octanol–water partition coefficient (Wildman–Crippen LogP) is 5.33. The number of nitrogens with one attached hydrogen (secondary N) is 1. The number of aryl methyl sites for hydroxylation is 1. The smallest absolute Gasteiger partial charge is 0.412 e. The minimum atomic E-state index is -2.57. The molecule has 0 aromatic heterocycles. The number of para-hydroxylation sites is 1. The van der Waals surface area contributed by atoms with E-state index >= 15 is 0 Å². The monoisotopic (exact) mass is 367 g/mol. The summed E-state index contributed by atoms with van der Waals surface area (Å²) in [5.74, 6) is -1.88. The Morgan fingerprint density at radius 2 is 1.96 bits per heavy atom. The van der Waals surface area contributed by atoms with Crippen molar-refractivity contribution in [1.29, 1.82) is 0 Å². The van der Waals surface area contributed by atoms with Gasteiger partial charge in [-0.2, -0.15) is 8.78 Å². The van der Waals surface area contributed by atoms with E-state index in [1.807, 2.05) is 31.2 Å². The molecule has 2 aromatic rings. The van der Waals surface area contributed by atoms with Gasteiger partial charge in [0.15, 0.2) is 0 Å². The van der Waals surface area contributed by atoms with E-state index in [9.17, 15) is 13.6 Å². The summed E-state index contributed by atoms with van der Waals surface area (Å²) in [7, 11) is 0. The zero-order valence-electron chi connectivity index (χ0n) is 13.9. The summed E-state index contributed by atoms with van der Waals surface area (Å²) in [6.07, 6.45) is -1.22. The SMILES string of the molecule is Cc1cccc(OCC(C)OC(=O)Nc2ccccc2SC(F)F)c1. The Balaban J connectivity index is 1.85. The van der Waals surface area contributed by atoms with Crippen molar-refractivity contribution in [2.45, 2.75) is 30.6 Å². The van der Waals surface area contributed by atoms with E-state index in [2.05, 4.69) is 5.32 Å². The van der Waals surface area contributed by atoms with Crippen molar-refractivity contribution in [2.75, 3.05) is 11.9 Å². The van der Waals surface area contributed by atoms with Gasteiger partial charge in [0.05, 0.1) is 5.69 Å². The van der Waals surface area contributed by atoms with Crippen LogP contribution in [0.2, 0.25) is 0 Å². The summed E-state index contributed by atoms with van der Waals surface area (Å²) < 4.78 is 35.8. The summed E-state index contributed by atoms with van der Waals surface area (Å²) in [6, 6.07) is 13.9. The fraction of sp³-hybridized carbons (Fsp3) is 0.278. The van der Waals surface area contributed by atoms with Crippen LogP contribution in [0.4, 0.5) is 19.3 Å². The van der Waals surface area contributed by atoms with Crippen molar-refractivity contribution < 1.29 is 23.0 Å². The first-order chi connectivity index (χ1) is 11.9. The van der Waals surface area contributed by atoms with Gasteiger partial charge in [-0.05, 0) is 43.7 Å². The third-order valence-electron chi connectivity index (χ3n) is 3.12. The summed E-state index contributed by atoms with van der Waals surface area (Å²) >= 11 is 0.366. The number of thioether (sulfide) groups is 1. The van der Waals surface area contributed by atoms with Crippen LogP contribution in [0.3, 0.4) is 0 Å². The Morgan fingerprint density at radius 1 is 1.20 bits per heavy atom. The summed E-state index contributed by atoms with van der Waals surface area (Å²) in [5.41, 5.74) is 1.35. The molecule has 0 aliphatic heterocycles. The van der Waals surface area contributed by atoms with Crippen LogP contribution >= 0.6 is 11.8 Å². The maximum Gasteiger partial charge on any atom is 0.412 e. The third-order valence-corrected chi connectivity index (χ3v) is 3.91. The molecule has 0 aliphatic carbocycles. The van der Waals surface area contributed by atoms with Gasteiger partial charge in [-0.15, -0.1) is 0 Å². The van der Waals surface area contributed by atoms with Gasteiger partial charge in [0.1, 0.15) is 18.5 Å². The summed E-state index contributed by atoms with van der Waals surface area (Å²) in [5, 5.41) is 2.48. The Bertz CT molecular complexity index is 712. The molecule has 25 heavy (non-hydrogen) atoms. The molecule has 0 radical (unpaired) electrons. The molecule has 1 atom stereocenters. The molecule has 2 rings (SSSR count). The van der Waals surface area contributed by atoms with Gasteiger partial charge in [-0.3, -0.25) is 5.32 Å². The van der Waals surface area contributed by atoms with Crippen LogP contribution in [0.5, 0.6) is 5.75 Å². The minimum absolute atomic E-state index is 0.185. The topological polar surface area (TPSA) is 47.6 Å². The lowest BCUT2D eigenvalue weighted by Crippen LogP contribution is -2.25. The quantitative estimate of drug-likeness (QED) is 0.672. The van der Waals surface area contributed by atoms with Gasteiger partial charge < -0.3 is 9.47 Å². The van der Waals surface area contributed by atoms with E-state index < -0.39 is 18.0 Å². The lowest BCUT2D eigenvalue weighted by atomic mass is 10.2. The average molecular weight is 367 g/mol. The normalized spacial score (nSPS) is 11.9. The molecule has 0 saturated heterocycles. The van der Waals surface area contributed by atoms with E-state index in [0.717, 1.165) is 5.56 Å². The highest BCUT2D eigenvalue weighted by Crippen LogP contribution is 2.31. The lowest BCUT2D eigenvalue weighted by Gasteiger charge is -2.16. The maximum absolute atomic E-state index is 12.5. The van der Waals surface area contributed by atoms with Gasteiger partial charge in [-0.25, -0.2) is 4.79 Å². The molecule has 134 valence electrons. The van der Waals surface area contributed by atoms with Crippen molar-refractivity contribution in [2.24, 2.45) is 0 Å². The molecular formula is C18H19F2NO3S. The lowest BCUT2D eigenvalue weighted by molar-refractivity contribution is 0.0856. The first kappa shape index (κ1) is 19.1. The summed E-state index contributed by atoms with van der Waals surface area (Å²) in [6.45, 7) is 3.83. The van der Waals surface area contributed by atoms with Crippen LogP contribution in [0, 0.1) is 6.92 Å². The molecule has 7 heteroatoms. The van der Waals surface area contributed by atoms with Gasteiger partial charge in [0, 0.05) is 4.90 Å².